The summed E-state index contributed by atoms with van der Waals surface area (Å²) in [7, 11) is 0. The van der Waals surface area contributed by atoms with E-state index in [-0.39, 0.29) is 29.9 Å². The van der Waals surface area contributed by atoms with Crippen LogP contribution in [0.4, 0.5) is 5.69 Å². The van der Waals surface area contributed by atoms with Gasteiger partial charge in [-0.1, -0.05) is 36.7 Å². The number of nitro groups is 1. The fourth-order valence-corrected chi connectivity index (χ4v) is 3.19. The van der Waals surface area contributed by atoms with Crippen LogP contribution in [0, 0.1) is 16.0 Å². The minimum absolute atomic E-state index is 0. The van der Waals surface area contributed by atoms with Gasteiger partial charge in [-0.2, -0.15) is 0 Å². The van der Waals surface area contributed by atoms with E-state index in [2.05, 4.69) is 11.8 Å². The van der Waals surface area contributed by atoms with Crippen LogP contribution in [0.15, 0.2) is 42.5 Å². The van der Waals surface area contributed by atoms with E-state index < -0.39 is 4.92 Å². The number of hydrogen-bond donors (Lipinski definition) is 1. The topological polar surface area (TPSA) is 81.6 Å². The Morgan fingerprint density at radius 3 is 2.62 bits per heavy atom. The van der Waals surface area contributed by atoms with Gasteiger partial charge < -0.3 is 10.5 Å². The Balaban J connectivity index is 0.00000243. The first kappa shape index (κ1) is 20.5. The molecule has 8 heteroatoms. The van der Waals surface area contributed by atoms with Crippen molar-refractivity contribution in [2.45, 2.75) is 19.5 Å². The van der Waals surface area contributed by atoms with Crippen LogP contribution in [-0.2, 0) is 6.54 Å². The molecule has 0 aromatic heterocycles. The third-order valence-electron chi connectivity index (χ3n) is 4.43. The van der Waals surface area contributed by atoms with E-state index in [9.17, 15) is 10.1 Å². The average molecular weight is 398 g/mol. The number of benzene rings is 2. The molecule has 140 valence electrons. The molecule has 2 unspecified atom stereocenters. The molecule has 1 heterocycles. The number of para-hydroxylation sites is 1. The Labute approximate surface area is 163 Å². The number of nitro benzene ring substituents is 1. The molecular weight excluding hydrogens is 377 g/mol. The van der Waals surface area contributed by atoms with Gasteiger partial charge in [0.2, 0.25) is 5.75 Å². The van der Waals surface area contributed by atoms with Crippen molar-refractivity contribution < 1.29 is 9.66 Å². The monoisotopic (exact) mass is 397 g/mol. The first-order valence-corrected chi connectivity index (χ1v) is 8.49. The minimum atomic E-state index is -0.436. The highest BCUT2D eigenvalue weighted by Crippen LogP contribution is 2.35. The Morgan fingerprint density at radius 2 is 2.00 bits per heavy atom. The quantitative estimate of drug-likeness (QED) is 0.602. The summed E-state index contributed by atoms with van der Waals surface area (Å²) < 4.78 is 5.65. The molecule has 1 aliphatic heterocycles. The third kappa shape index (κ3) is 4.65. The molecule has 3 rings (SSSR count). The molecule has 2 N–H and O–H groups in total. The van der Waals surface area contributed by atoms with Gasteiger partial charge in [0.15, 0.2) is 0 Å². The van der Waals surface area contributed by atoms with E-state index in [0.29, 0.717) is 23.2 Å². The van der Waals surface area contributed by atoms with Crippen molar-refractivity contribution in [2.75, 3.05) is 13.1 Å². The highest BCUT2D eigenvalue weighted by molar-refractivity contribution is 6.32. The van der Waals surface area contributed by atoms with Gasteiger partial charge in [0, 0.05) is 31.7 Å². The zero-order chi connectivity index (χ0) is 18.0. The summed E-state index contributed by atoms with van der Waals surface area (Å²) in [6, 6.07) is 12.1. The Bertz CT molecular complexity index is 778. The lowest BCUT2D eigenvalue weighted by atomic mass is 10.1. The summed E-state index contributed by atoms with van der Waals surface area (Å²) in [5.41, 5.74) is 6.83. The van der Waals surface area contributed by atoms with Crippen LogP contribution >= 0.6 is 24.0 Å². The number of halogens is 2. The van der Waals surface area contributed by atoms with Gasteiger partial charge in [-0.05, 0) is 29.7 Å². The first-order valence-electron chi connectivity index (χ1n) is 8.11. The predicted octanol–water partition coefficient (Wildman–Crippen LogP) is 4.24. The number of hydrogen-bond acceptors (Lipinski definition) is 5. The maximum atomic E-state index is 11.4. The number of ether oxygens (including phenoxy) is 1. The van der Waals surface area contributed by atoms with Crippen molar-refractivity contribution >= 4 is 29.7 Å². The van der Waals surface area contributed by atoms with Gasteiger partial charge in [0.05, 0.1) is 9.95 Å². The lowest BCUT2D eigenvalue weighted by molar-refractivity contribution is -0.385. The summed E-state index contributed by atoms with van der Waals surface area (Å²) in [6.45, 7) is 4.44. The third-order valence-corrected chi connectivity index (χ3v) is 4.74. The highest BCUT2D eigenvalue weighted by Gasteiger charge is 2.27. The summed E-state index contributed by atoms with van der Waals surface area (Å²) in [5, 5.41) is 11.9. The number of rotatable bonds is 5. The maximum absolute atomic E-state index is 11.4. The Morgan fingerprint density at radius 1 is 1.27 bits per heavy atom. The van der Waals surface area contributed by atoms with Crippen molar-refractivity contribution in [1.29, 1.82) is 0 Å². The molecule has 26 heavy (non-hydrogen) atoms. The van der Waals surface area contributed by atoms with E-state index >= 15 is 0 Å². The van der Waals surface area contributed by atoms with Crippen LogP contribution in [0.1, 0.15) is 12.5 Å². The zero-order valence-electron chi connectivity index (χ0n) is 14.3. The number of nitrogens with two attached hydrogens (primary N) is 1. The fourth-order valence-electron chi connectivity index (χ4n) is 3.02. The molecule has 2 atom stereocenters. The molecule has 1 fully saturated rings. The molecule has 2 aromatic carbocycles. The van der Waals surface area contributed by atoms with Gasteiger partial charge in [-0.15, -0.1) is 12.4 Å². The van der Waals surface area contributed by atoms with Crippen LogP contribution in [-0.4, -0.2) is 29.0 Å². The molecule has 0 aliphatic carbocycles. The molecule has 0 spiro atoms. The second-order valence-electron chi connectivity index (χ2n) is 6.43. The molecule has 0 bridgehead atoms. The highest BCUT2D eigenvalue weighted by atomic mass is 35.5. The summed E-state index contributed by atoms with van der Waals surface area (Å²) >= 11 is 6.06. The lowest BCUT2D eigenvalue weighted by Gasteiger charge is -2.16. The minimum Gasteiger partial charge on any atom is -0.449 e. The van der Waals surface area contributed by atoms with Crippen LogP contribution in [0.3, 0.4) is 0 Å². The molecule has 1 saturated heterocycles. The van der Waals surface area contributed by atoms with E-state index in [1.54, 1.807) is 36.4 Å². The molecule has 2 aromatic rings. The van der Waals surface area contributed by atoms with Gasteiger partial charge in [0.25, 0.3) is 0 Å². The largest absolute Gasteiger partial charge is 0.449 e. The maximum Gasteiger partial charge on any atom is 0.311 e. The van der Waals surface area contributed by atoms with Gasteiger partial charge >= 0.3 is 5.69 Å². The zero-order valence-corrected chi connectivity index (χ0v) is 15.9. The average Bonchev–Trinajstić information content (AvgIpc) is 2.88. The van der Waals surface area contributed by atoms with Crippen LogP contribution in [0.5, 0.6) is 11.5 Å². The standard InChI is InChI=1S/C18H20ClN3O3.ClH/c1-12-9-21(11-15(12)20)10-13-6-7-18(16(8-13)22(23)24)25-17-5-3-2-4-14(17)19;/h2-8,12,15H,9-11,20H2,1H3;1H. The molecule has 1 aliphatic rings. The molecule has 6 nitrogen and oxygen atoms in total. The van der Waals surface area contributed by atoms with Crippen molar-refractivity contribution in [3.63, 3.8) is 0 Å². The van der Waals surface area contributed by atoms with Crippen LogP contribution in [0.25, 0.3) is 0 Å². The Hall–Kier alpha value is -1.86. The summed E-state index contributed by atoms with van der Waals surface area (Å²) in [5.74, 6) is 0.991. The molecule has 0 amide bonds. The molecular formula is C18H21Cl2N3O3. The SMILES string of the molecule is CC1CN(Cc2ccc(Oc3ccccc3Cl)c([N+](=O)[O-])c2)CC1N.Cl. The van der Waals surface area contributed by atoms with Crippen molar-refractivity contribution in [2.24, 2.45) is 11.7 Å². The van der Waals surface area contributed by atoms with Crippen molar-refractivity contribution in [1.82, 2.24) is 4.90 Å². The van der Waals surface area contributed by atoms with Gasteiger partial charge in [-0.3, -0.25) is 15.0 Å². The van der Waals surface area contributed by atoms with Gasteiger partial charge in [0.1, 0.15) is 5.75 Å². The summed E-state index contributed by atoms with van der Waals surface area (Å²) in [4.78, 5) is 13.2. The van der Waals surface area contributed by atoms with Crippen molar-refractivity contribution in [3.8, 4) is 11.5 Å². The Kier molecular flexibility index (Phi) is 6.83. The van der Waals surface area contributed by atoms with E-state index in [4.69, 9.17) is 22.1 Å². The van der Waals surface area contributed by atoms with Crippen LogP contribution in [0.2, 0.25) is 5.02 Å². The van der Waals surface area contributed by atoms with Gasteiger partial charge in [-0.25, -0.2) is 0 Å². The smallest absolute Gasteiger partial charge is 0.311 e. The second kappa shape index (κ2) is 8.68. The van der Waals surface area contributed by atoms with E-state index in [0.717, 1.165) is 18.7 Å². The molecule has 0 saturated carbocycles. The normalized spacial score (nSPS) is 19.8. The first-order chi connectivity index (χ1) is 11.9. The number of nitrogens with zero attached hydrogens (tertiary/aromatic N) is 2. The lowest BCUT2D eigenvalue weighted by Crippen LogP contribution is -2.28. The summed E-state index contributed by atoms with van der Waals surface area (Å²) in [6.07, 6.45) is 0. The molecule has 0 radical (unpaired) electrons. The predicted molar refractivity (Wildman–Crippen MR) is 104 cm³/mol. The van der Waals surface area contributed by atoms with Crippen LogP contribution < -0.4 is 10.5 Å². The second-order valence-corrected chi connectivity index (χ2v) is 6.83. The van der Waals surface area contributed by atoms with E-state index in [1.165, 1.54) is 0 Å². The fraction of sp³-hybridized carbons (Fsp3) is 0.333. The van der Waals surface area contributed by atoms with Crippen molar-refractivity contribution in [3.05, 3.63) is 63.2 Å². The van der Waals surface area contributed by atoms with E-state index in [1.807, 2.05) is 6.07 Å². The number of likely N-dealkylation sites (tertiary alicyclic amines) is 1.